The van der Waals surface area contributed by atoms with Crippen molar-refractivity contribution in [3.8, 4) is 10.7 Å². The second-order valence-corrected chi connectivity index (χ2v) is 7.56. The second kappa shape index (κ2) is 6.94. The lowest BCUT2D eigenvalue weighted by Crippen LogP contribution is -2.27. The molecule has 4 rings (SSSR count). The third-order valence-electron chi connectivity index (χ3n) is 4.29. The first-order chi connectivity index (χ1) is 12.2. The molecule has 25 heavy (non-hydrogen) atoms. The van der Waals surface area contributed by atoms with Crippen LogP contribution in [0.5, 0.6) is 0 Å². The number of rotatable bonds is 3. The van der Waals surface area contributed by atoms with Crippen molar-refractivity contribution in [1.29, 1.82) is 0 Å². The molecule has 1 unspecified atom stereocenters. The minimum atomic E-state index is -0.0384. The normalized spacial score (nSPS) is 16.3. The minimum Gasteiger partial charge on any atom is -0.326 e. The third-order valence-corrected chi connectivity index (χ3v) is 5.66. The highest BCUT2D eigenvalue weighted by atomic mass is 35.5. The maximum atomic E-state index is 12.6. The van der Waals surface area contributed by atoms with Gasteiger partial charge in [-0.3, -0.25) is 9.78 Å². The van der Waals surface area contributed by atoms with Gasteiger partial charge in [0.1, 0.15) is 5.01 Å². The van der Waals surface area contributed by atoms with E-state index in [0.29, 0.717) is 5.02 Å². The lowest BCUT2D eigenvalue weighted by atomic mass is 9.90. The number of carbonyl (C=O) groups is 1. The molecule has 1 amide bonds. The molecule has 0 aliphatic heterocycles. The molecule has 0 saturated carbocycles. The van der Waals surface area contributed by atoms with Gasteiger partial charge in [-0.05, 0) is 49.6 Å². The molecular formula is C19H16ClN3OS. The van der Waals surface area contributed by atoms with Crippen LogP contribution < -0.4 is 5.32 Å². The smallest absolute Gasteiger partial charge is 0.227 e. The molecule has 1 N–H and O–H groups in total. The zero-order valence-corrected chi connectivity index (χ0v) is 15.0. The maximum absolute atomic E-state index is 12.6. The lowest BCUT2D eigenvalue weighted by Gasteiger charge is -2.20. The van der Waals surface area contributed by atoms with Crippen molar-refractivity contribution in [3.05, 3.63) is 64.3 Å². The number of anilines is 1. The molecule has 0 fully saturated rings. The molecule has 2 heterocycles. The Bertz CT molecular complexity index is 910. The molecule has 0 radical (unpaired) electrons. The van der Waals surface area contributed by atoms with Gasteiger partial charge in [-0.15, -0.1) is 11.3 Å². The fraction of sp³-hybridized carbons (Fsp3) is 0.211. The molecule has 0 bridgehead atoms. The summed E-state index contributed by atoms with van der Waals surface area (Å²) in [5, 5.41) is 4.52. The summed E-state index contributed by atoms with van der Waals surface area (Å²) in [5.41, 5.74) is 2.74. The van der Waals surface area contributed by atoms with E-state index in [9.17, 15) is 4.79 Å². The number of thiazole rings is 1. The predicted octanol–water partition coefficient (Wildman–Crippen LogP) is 4.60. The zero-order valence-electron chi connectivity index (χ0n) is 13.4. The number of carbonyl (C=O) groups excluding carboxylic acids is 1. The van der Waals surface area contributed by atoms with Crippen LogP contribution in [0.1, 0.15) is 17.0 Å². The van der Waals surface area contributed by atoms with E-state index in [4.69, 9.17) is 16.6 Å². The monoisotopic (exact) mass is 369 g/mol. The van der Waals surface area contributed by atoms with E-state index in [-0.39, 0.29) is 11.8 Å². The van der Waals surface area contributed by atoms with Crippen LogP contribution in [-0.4, -0.2) is 15.9 Å². The average molecular weight is 370 g/mol. The highest BCUT2D eigenvalue weighted by molar-refractivity contribution is 7.15. The maximum Gasteiger partial charge on any atom is 0.227 e. The molecule has 2 aromatic heterocycles. The largest absolute Gasteiger partial charge is 0.326 e. The minimum absolute atomic E-state index is 0.0384. The van der Waals surface area contributed by atoms with Crippen LogP contribution in [0.4, 0.5) is 5.69 Å². The van der Waals surface area contributed by atoms with Gasteiger partial charge in [-0.2, -0.15) is 0 Å². The Kier molecular flexibility index (Phi) is 4.51. The molecule has 1 aromatic carbocycles. The fourth-order valence-electron chi connectivity index (χ4n) is 3.01. The Morgan fingerprint density at radius 3 is 2.96 bits per heavy atom. The summed E-state index contributed by atoms with van der Waals surface area (Å²) in [6.07, 6.45) is 4.14. The lowest BCUT2D eigenvalue weighted by molar-refractivity contribution is -0.120. The molecule has 4 nitrogen and oxygen atoms in total. The second-order valence-electron chi connectivity index (χ2n) is 6.04. The molecule has 0 spiro atoms. The molecule has 1 aliphatic carbocycles. The van der Waals surface area contributed by atoms with E-state index in [1.165, 1.54) is 4.88 Å². The van der Waals surface area contributed by atoms with Crippen molar-refractivity contribution >= 4 is 34.5 Å². The molecule has 126 valence electrons. The van der Waals surface area contributed by atoms with Crippen molar-refractivity contribution < 1.29 is 4.79 Å². The van der Waals surface area contributed by atoms with E-state index >= 15 is 0 Å². The Balaban J connectivity index is 1.49. The van der Waals surface area contributed by atoms with E-state index in [1.807, 2.05) is 30.3 Å². The van der Waals surface area contributed by atoms with Crippen molar-refractivity contribution in [1.82, 2.24) is 9.97 Å². The number of aromatic nitrogens is 2. The van der Waals surface area contributed by atoms with Gasteiger partial charge in [0.25, 0.3) is 0 Å². The molecule has 6 heteroatoms. The Hall–Kier alpha value is -2.24. The molecular weight excluding hydrogens is 354 g/mol. The molecule has 1 aliphatic rings. The Morgan fingerprint density at radius 2 is 2.16 bits per heavy atom. The topological polar surface area (TPSA) is 54.9 Å². The van der Waals surface area contributed by atoms with Gasteiger partial charge in [0.05, 0.1) is 11.4 Å². The number of pyridine rings is 1. The summed E-state index contributed by atoms with van der Waals surface area (Å²) in [5.74, 6) is 0.00390. The van der Waals surface area contributed by atoms with Crippen LogP contribution in [0.25, 0.3) is 10.7 Å². The number of amides is 1. The van der Waals surface area contributed by atoms with Crippen LogP contribution in [0.2, 0.25) is 5.02 Å². The van der Waals surface area contributed by atoms with Crippen molar-refractivity contribution in [3.63, 3.8) is 0 Å². The standard InChI is InChI=1S/C19H16ClN3OS/c20-13-4-3-5-14(11-13)22-18(24)12-7-8-15-17(10-12)25-19(23-15)16-6-1-2-9-21-16/h1-6,9,11-12H,7-8,10H2,(H,22,24). The first kappa shape index (κ1) is 16.2. The molecule has 1 atom stereocenters. The number of hydrogen-bond acceptors (Lipinski definition) is 4. The number of nitrogens with zero attached hydrogens (tertiary/aromatic N) is 2. The summed E-state index contributed by atoms with van der Waals surface area (Å²) in [7, 11) is 0. The highest BCUT2D eigenvalue weighted by Crippen LogP contribution is 2.34. The number of aryl methyl sites for hydroxylation is 1. The average Bonchev–Trinajstić information content (AvgIpc) is 3.06. The third kappa shape index (κ3) is 3.57. The van der Waals surface area contributed by atoms with E-state index in [2.05, 4.69) is 10.3 Å². The van der Waals surface area contributed by atoms with Gasteiger partial charge in [0.2, 0.25) is 5.91 Å². The van der Waals surface area contributed by atoms with Crippen LogP contribution in [-0.2, 0) is 17.6 Å². The quantitative estimate of drug-likeness (QED) is 0.733. The number of nitrogens with one attached hydrogen (secondary N) is 1. The summed E-state index contributed by atoms with van der Waals surface area (Å²) in [4.78, 5) is 22.9. The van der Waals surface area contributed by atoms with Crippen LogP contribution in [0.15, 0.2) is 48.7 Å². The number of fused-ring (bicyclic) bond motifs is 1. The van der Waals surface area contributed by atoms with Crippen LogP contribution in [0.3, 0.4) is 0 Å². The van der Waals surface area contributed by atoms with Gasteiger partial charge in [-0.25, -0.2) is 4.98 Å². The molecule has 0 saturated heterocycles. The first-order valence-electron chi connectivity index (χ1n) is 8.15. The van der Waals surface area contributed by atoms with Crippen LogP contribution in [0, 0.1) is 5.92 Å². The van der Waals surface area contributed by atoms with Crippen LogP contribution >= 0.6 is 22.9 Å². The first-order valence-corrected chi connectivity index (χ1v) is 9.35. The zero-order chi connectivity index (χ0) is 17.2. The number of benzene rings is 1. The van der Waals surface area contributed by atoms with Crippen molar-refractivity contribution in [2.75, 3.05) is 5.32 Å². The summed E-state index contributed by atoms with van der Waals surface area (Å²) < 4.78 is 0. The molecule has 3 aromatic rings. The van der Waals surface area contributed by atoms with E-state index in [0.717, 1.165) is 41.3 Å². The van der Waals surface area contributed by atoms with Crippen molar-refractivity contribution in [2.45, 2.75) is 19.3 Å². The van der Waals surface area contributed by atoms with Gasteiger partial charge in [0.15, 0.2) is 0 Å². The Morgan fingerprint density at radius 1 is 1.24 bits per heavy atom. The van der Waals surface area contributed by atoms with E-state index < -0.39 is 0 Å². The summed E-state index contributed by atoms with van der Waals surface area (Å²) in [6, 6.07) is 13.1. The fourth-order valence-corrected chi connectivity index (χ4v) is 4.36. The van der Waals surface area contributed by atoms with Gasteiger partial charge >= 0.3 is 0 Å². The van der Waals surface area contributed by atoms with E-state index in [1.54, 1.807) is 29.7 Å². The summed E-state index contributed by atoms with van der Waals surface area (Å²) in [6.45, 7) is 0. The SMILES string of the molecule is O=C(Nc1cccc(Cl)c1)C1CCc2nc(-c3ccccn3)sc2C1. The van der Waals surface area contributed by atoms with Crippen molar-refractivity contribution in [2.24, 2.45) is 5.92 Å². The van der Waals surface area contributed by atoms with Gasteiger partial charge < -0.3 is 5.32 Å². The van der Waals surface area contributed by atoms with Gasteiger partial charge in [-0.1, -0.05) is 23.7 Å². The van der Waals surface area contributed by atoms with Gasteiger partial charge in [0, 0.05) is 27.7 Å². The number of hydrogen-bond donors (Lipinski definition) is 1. The number of halogens is 1. The Labute approximate surface area is 154 Å². The predicted molar refractivity (Wildman–Crippen MR) is 101 cm³/mol. The summed E-state index contributed by atoms with van der Waals surface area (Å²) >= 11 is 7.62. The highest BCUT2D eigenvalue weighted by Gasteiger charge is 2.28.